The van der Waals surface area contributed by atoms with Gasteiger partial charge in [-0.1, -0.05) is 139 Å². The van der Waals surface area contributed by atoms with Crippen molar-refractivity contribution in [3.63, 3.8) is 0 Å². The molecule has 0 N–H and O–H groups in total. The van der Waals surface area contributed by atoms with Gasteiger partial charge in [-0.25, -0.2) is 0 Å². The minimum Gasteiger partial charge on any atom is -0.456 e. The molecule has 356 valence electrons. The summed E-state index contributed by atoms with van der Waals surface area (Å²) in [5.41, 5.74) is 21.7. The summed E-state index contributed by atoms with van der Waals surface area (Å²) < 4.78 is 9.00. The lowest BCUT2D eigenvalue weighted by atomic mass is 9.36. The minimum atomic E-state index is -0.00757. The lowest BCUT2D eigenvalue weighted by Crippen LogP contribution is -2.60. The average Bonchev–Trinajstić information content (AvgIpc) is 4.00. The zero-order valence-corrected chi connectivity index (χ0v) is 43.9. The summed E-state index contributed by atoms with van der Waals surface area (Å²) in [4.78, 5) is 7.63. The number of anilines is 9. The number of benzene rings is 9. The molecule has 0 saturated heterocycles. The number of para-hydroxylation sites is 3. The molecule has 9 aromatic carbocycles. The van der Waals surface area contributed by atoms with E-state index in [1.54, 1.807) is 0 Å². The standard InChI is InChI=1S/C67H58BN3OS/c1-41-34-57-62-58(35-41)71(63-42(2)16-15-17-43(63)3)56-40-53(69(50-19-11-10-12-20-50)52-28-24-44-36-47(23-22-45(44)37-52)60-38-46-18-13-14-21-59(46)72-60)31-32-55(56)68(62)65-64(54-39-49(67(7,8)9)27-33-61(54)73-65)70(57)51-29-25-48(26-30-51)66(4,5)6/h10-40H,1-9H3. The first-order valence-corrected chi connectivity index (χ1v) is 26.5. The molecule has 0 atom stereocenters. The highest BCUT2D eigenvalue weighted by molar-refractivity contribution is 7.33. The summed E-state index contributed by atoms with van der Waals surface area (Å²) in [5, 5.41) is 4.75. The van der Waals surface area contributed by atoms with Gasteiger partial charge in [-0.15, -0.1) is 11.3 Å². The van der Waals surface area contributed by atoms with Crippen molar-refractivity contribution in [3.05, 3.63) is 216 Å². The Balaban J connectivity index is 1.04. The molecule has 0 spiro atoms. The molecule has 4 nitrogen and oxygen atoms in total. The predicted molar refractivity (Wildman–Crippen MR) is 315 cm³/mol. The van der Waals surface area contributed by atoms with E-state index in [4.69, 9.17) is 4.42 Å². The van der Waals surface area contributed by atoms with Gasteiger partial charge in [0.1, 0.15) is 11.3 Å². The summed E-state index contributed by atoms with van der Waals surface area (Å²) in [6.07, 6.45) is 0. The van der Waals surface area contributed by atoms with Gasteiger partial charge in [-0.05, 0) is 172 Å². The molecule has 4 heterocycles. The summed E-state index contributed by atoms with van der Waals surface area (Å²) in [6, 6.07) is 70.2. The molecule has 0 fully saturated rings. The van der Waals surface area contributed by atoms with Crippen molar-refractivity contribution in [1.82, 2.24) is 0 Å². The Hall–Kier alpha value is -7.80. The van der Waals surface area contributed by atoms with E-state index in [9.17, 15) is 0 Å². The molecule has 73 heavy (non-hydrogen) atoms. The van der Waals surface area contributed by atoms with Crippen LogP contribution >= 0.6 is 11.3 Å². The lowest BCUT2D eigenvalue weighted by Gasteiger charge is -2.44. The topological polar surface area (TPSA) is 22.9 Å². The van der Waals surface area contributed by atoms with Gasteiger partial charge >= 0.3 is 0 Å². The first-order valence-electron chi connectivity index (χ1n) is 25.7. The highest BCUT2D eigenvalue weighted by atomic mass is 32.1. The van der Waals surface area contributed by atoms with E-state index in [2.05, 4.69) is 253 Å². The zero-order chi connectivity index (χ0) is 50.1. The molecular formula is C67H58BN3OS. The normalized spacial score (nSPS) is 13.2. The van der Waals surface area contributed by atoms with Gasteiger partial charge in [0.05, 0.1) is 11.4 Å². The molecule has 0 bridgehead atoms. The third-order valence-electron chi connectivity index (χ3n) is 15.4. The van der Waals surface area contributed by atoms with Crippen molar-refractivity contribution in [2.24, 2.45) is 0 Å². The van der Waals surface area contributed by atoms with Crippen LogP contribution in [-0.2, 0) is 10.8 Å². The second-order valence-electron chi connectivity index (χ2n) is 22.4. The Kier molecular flexibility index (Phi) is 10.3. The number of aryl methyl sites for hydroxylation is 3. The molecule has 2 aromatic heterocycles. The van der Waals surface area contributed by atoms with Crippen LogP contribution in [0.15, 0.2) is 192 Å². The van der Waals surface area contributed by atoms with Crippen LogP contribution in [0.25, 0.3) is 43.2 Å². The summed E-state index contributed by atoms with van der Waals surface area (Å²) in [6.45, 7) is 20.7. The summed E-state index contributed by atoms with van der Waals surface area (Å²) in [5.74, 6) is 0.877. The van der Waals surface area contributed by atoms with Crippen LogP contribution in [0, 0.1) is 20.8 Å². The fourth-order valence-corrected chi connectivity index (χ4v) is 13.0. The molecule has 0 saturated carbocycles. The van der Waals surface area contributed by atoms with Gasteiger partial charge in [0.25, 0.3) is 6.71 Å². The van der Waals surface area contributed by atoms with Gasteiger partial charge in [-0.2, -0.15) is 0 Å². The van der Waals surface area contributed by atoms with Crippen molar-refractivity contribution in [1.29, 1.82) is 0 Å². The number of furan rings is 1. The molecule has 0 radical (unpaired) electrons. The Morgan fingerprint density at radius 3 is 1.89 bits per heavy atom. The van der Waals surface area contributed by atoms with Crippen LogP contribution in [0.4, 0.5) is 51.2 Å². The molecule has 2 aliphatic rings. The van der Waals surface area contributed by atoms with Crippen molar-refractivity contribution in [2.45, 2.75) is 73.1 Å². The molecule has 2 aliphatic heterocycles. The van der Waals surface area contributed by atoms with Gasteiger partial charge < -0.3 is 19.1 Å². The minimum absolute atomic E-state index is 0.00222. The van der Waals surface area contributed by atoms with E-state index < -0.39 is 0 Å². The Morgan fingerprint density at radius 1 is 0.493 bits per heavy atom. The van der Waals surface area contributed by atoms with Crippen LogP contribution in [-0.4, -0.2) is 6.71 Å². The van der Waals surface area contributed by atoms with E-state index in [0.717, 1.165) is 50.1 Å². The van der Waals surface area contributed by atoms with Crippen molar-refractivity contribution in [2.75, 3.05) is 14.7 Å². The van der Waals surface area contributed by atoms with Gasteiger partial charge in [-0.3, -0.25) is 0 Å². The maximum Gasteiger partial charge on any atom is 0.264 e. The second-order valence-corrected chi connectivity index (χ2v) is 23.5. The molecule has 0 unspecified atom stereocenters. The third kappa shape index (κ3) is 7.40. The smallest absolute Gasteiger partial charge is 0.264 e. The first kappa shape index (κ1) is 45.1. The maximum atomic E-state index is 6.31. The quantitative estimate of drug-likeness (QED) is 0.155. The lowest BCUT2D eigenvalue weighted by molar-refractivity contribution is 0.590. The largest absolute Gasteiger partial charge is 0.456 e. The van der Waals surface area contributed by atoms with Crippen LogP contribution in [0.1, 0.15) is 69.4 Å². The number of thiophene rings is 1. The predicted octanol–water partition coefficient (Wildman–Crippen LogP) is 17.5. The fraction of sp³-hybridized carbons (Fsp3) is 0.164. The van der Waals surface area contributed by atoms with Gasteiger partial charge in [0.2, 0.25) is 0 Å². The first-order chi connectivity index (χ1) is 35.2. The van der Waals surface area contributed by atoms with Crippen molar-refractivity contribution < 1.29 is 4.42 Å². The number of hydrogen-bond donors (Lipinski definition) is 0. The monoisotopic (exact) mass is 963 g/mol. The van der Waals surface area contributed by atoms with Crippen molar-refractivity contribution >= 4 is 117 Å². The fourth-order valence-electron chi connectivity index (χ4n) is 11.7. The highest BCUT2D eigenvalue weighted by Crippen LogP contribution is 2.51. The summed E-state index contributed by atoms with van der Waals surface area (Å²) >= 11 is 1.96. The zero-order valence-electron chi connectivity index (χ0n) is 43.1. The average molecular weight is 964 g/mol. The number of nitrogens with zero attached hydrogens (tertiary/aromatic N) is 3. The van der Waals surface area contributed by atoms with Crippen LogP contribution in [0.3, 0.4) is 0 Å². The van der Waals surface area contributed by atoms with E-state index in [1.807, 2.05) is 23.5 Å². The van der Waals surface area contributed by atoms with Crippen LogP contribution in [0.2, 0.25) is 0 Å². The molecular weight excluding hydrogens is 906 g/mol. The van der Waals surface area contributed by atoms with Crippen LogP contribution < -0.4 is 30.4 Å². The van der Waals surface area contributed by atoms with Gasteiger partial charge in [0.15, 0.2) is 0 Å². The number of fused-ring (bicyclic) bond motifs is 8. The van der Waals surface area contributed by atoms with Crippen LogP contribution in [0.5, 0.6) is 0 Å². The van der Waals surface area contributed by atoms with E-state index >= 15 is 0 Å². The number of hydrogen-bond acceptors (Lipinski definition) is 5. The SMILES string of the molecule is Cc1cc2c3c(c1)N(c1ccc(C(C)(C)C)cc1)c1c(sc4ccc(C(C)(C)C)cc14)B3c1ccc(N(c3ccccc3)c3ccc4cc(-c5cc6ccccc6o5)ccc4c3)cc1N2c1c(C)cccc1C. The van der Waals surface area contributed by atoms with E-state index in [1.165, 1.54) is 87.7 Å². The molecule has 6 heteroatoms. The Labute approximate surface area is 433 Å². The summed E-state index contributed by atoms with van der Waals surface area (Å²) in [7, 11) is 0. The van der Waals surface area contributed by atoms with Gasteiger partial charge in [0, 0.05) is 65.6 Å². The highest BCUT2D eigenvalue weighted by Gasteiger charge is 2.46. The third-order valence-corrected chi connectivity index (χ3v) is 16.6. The Morgan fingerprint density at radius 2 is 1.15 bits per heavy atom. The molecule has 11 aromatic rings. The molecule has 0 amide bonds. The van der Waals surface area contributed by atoms with E-state index in [-0.39, 0.29) is 17.5 Å². The molecule has 13 rings (SSSR count). The van der Waals surface area contributed by atoms with Crippen molar-refractivity contribution in [3.8, 4) is 11.3 Å². The number of rotatable bonds is 6. The second kappa shape index (κ2) is 16.6. The maximum absolute atomic E-state index is 6.31. The van der Waals surface area contributed by atoms with E-state index in [0.29, 0.717) is 0 Å². The molecule has 0 aliphatic carbocycles. The Bertz CT molecular complexity index is 3950.